The molecule has 0 N–H and O–H groups in total. The first-order valence-corrected chi connectivity index (χ1v) is 11.5. The second-order valence-corrected chi connectivity index (χ2v) is 8.67. The van der Waals surface area contributed by atoms with Crippen molar-refractivity contribution in [3.05, 3.63) is 42.0 Å². The average Bonchev–Trinajstić information content (AvgIpc) is 3.47. The van der Waals surface area contributed by atoms with Crippen LogP contribution in [0.25, 0.3) is 10.2 Å². The van der Waals surface area contributed by atoms with E-state index in [1.54, 1.807) is 30.2 Å². The number of halogens is 1. The largest absolute Gasteiger partial charge is 0.497 e. The minimum Gasteiger partial charge on any atom is -0.497 e. The first-order chi connectivity index (χ1) is 15.7. The Bertz CT molecular complexity index is 1120. The monoisotopic (exact) mass is 491 g/mol. The first-order valence-electron chi connectivity index (χ1n) is 10.7. The number of hydrogen-bond acceptors (Lipinski definition) is 8. The van der Waals surface area contributed by atoms with Crippen LogP contribution in [0.1, 0.15) is 16.8 Å². The van der Waals surface area contributed by atoms with E-state index in [0.29, 0.717) is 28.7 Å². The number of carbonyl (C=O) groups is 1. The summed E-state index contributed by atoms with van der Waals surface area (Å²) in [6, 6.07) is 11.1. The van der Waals surface area contributed by atoms with Crippen LogP contribution in [-0.2, 0) is 4.74 Å². The summed E-state index contributed by atoms with van der Waals surface area (Å²) >= 11 is 1.49. The zero-order valence-corrected chi connectivity index (χ0v) is 20.0. The van der Waals surface area contributed by atoms with Crippen LogP contribution in [0.5, 0.6) is 17.2 Å². The Hall–Kier alpha value is -2.59. The van der Waals surface area contributed by atoms with Gasteiger partial charge in [-0.15, -0.1) is 12.4 Å². The zero-order chi connectivity index (χ0) is 21.9. The summed E-state index contributed by atoms with van der Waals surface area (Å²) in [4.78, 5) is 22.5. The summed E-state index contributed by atoms with van der Waals surface area (Å²) in [7, 11) is 1.64. The van der Waals surface area contributed by atoms with Gasteiger partial charge in [-0.1, -0.05) is 11.3 Å². The maximum Gasteiger partial charge on any atom is 0.260 e. The molecule has 0 spiro atoms. The molecule has 10 heteroatoms. The number of anilines is 1. The van der Waals surface area contributed by atoms with Crippen LogP contribution in [0.3, 0.4) is 0 Å². The Balaban J connectivity index is 0.00000259. The highest BCUT2D eigenvalue weighted by Crippen LogP contribution is 2.35. The van der Waals surface area contributed by atoms with Crippen molar-refractivity contribution in [2.75, 3.05) is 58.2 Å². The summed E-state index contributed by atoms with van der Waals surface area (Å²) in [6.07, 6.45) is 0.843. The Kier molecular flexibility index (Phi) is 7.54. The molecule has 8 nitrogen and oxygen atoms in total. The third-order valence-corrected chi connectivity index (χ3v) is 6.68. The van der Waals surface area contributed by atoms with Crippen LogP contribution < -0.4 is 19.1 Å². The number of hydrogen-bond donors (Lipinski definition) is 0. The van der Waals surface area contributed by atoms with Gasteiger partial charge in [0.25, 0.3) is 5.91 Å². The summed E-state index contributed by atoms with van der Waals surface area (Å²) < 4.78 is 22.6. The topological polar surface area (TPSA) is 73.4 Å². The van der Waals surface area contributed by atoms with E-state index in [9.17, 15) is 4.79 Å². The Morgan fingerprint density at radius 2 is 1.97 bits per heavy atom. The maximum absolute atomic E-state index is 13.6. The molecular formula is C23H26ClN3O5S. The number of benzene rings is 2. The fraction of sp³-hybridized carbons (Fsp3) is 0.391. The van der Waals surface area contributed by atoms with Gasteiger partial charge in [0.1, 0.15) is 5.75 Å². The van der Waals surface area contributed by atoms with Crippen molar-refractivity contribution in [3.8, 4) is 17.2 Å². The van der Waals surface area contributed by atoms with Gasteiger partial charge in [0.2, 0.25) is 6.79 Å². The van der Waals surface area contributed by atoms with Crippen molar-refractivity contribution >= 4 is 45.0 Å². The van der Waals surface area contributed by atoms with E-state index in [1.165, 1.54) is 11.3 Å². The van der Waals surface area contributed by atoms with E-state index >= 15 is 0 Å². The molecule has 2 aromatic carbocycles. The molecule has 3 aromatic rings. The van der Waals surface area contributed by atoms with Gasteiger partial charge < -0.3 is 18.9 Å². The number of aromatic nitrogens is 1. The van der Waals surface area contributed by atoms with Crippen LogP contribution in [0.2, 0.25) is 0 Å². The molecular weight excluding hydrogens is 466 g/mol. The average molecular weight is 492 g/mol. The molecule has 5 rings (SSSR count). The van der Waals surface area contributed by atoms with Crippen LogP contribution in [0, 0.1) is 0 Å². The van der Waals surface area contributed by atoms with Gasteiger partial charge in [-0.3, -0.25) is 14.6 Å². The third-order valence-electron chi connectivity index (χ3n) is 5.64. The Labute approximate surface area is 202 Å². The van der Waals surface area contributed by atoms with Crippen LogP contribution >= 0.6 is 23.7 Å². The minimum absolute atomic E-state index is 0. The second kappa shape index (κ2) is 10.6. The standard InChI is InChI=1S/C23H25N3O5S.ClH/c1-28-17-4-5-18-21(14-17)32-23(24-18)26(8-2-7-25-9-11-29-12-10-25)22(27)16-3-6-19-20(13-16)31-15-30-19;/h3-6,13-14H,2,7-12,15H2,1H3;1H. The van der Waals surface area contributed by atoms with E-state index in [2.05, 4.69) is 4.90 Å². The van der Waals surface area contributed by atoms with Crippen molar-refractivity contribution in [2.24, 2.45) is 0 Å². The van der Waals surface area contributed by atoms with Crippen molar-refractivity contribution < 1.29 is 23.7 Å². The van der Waals surface area contributed by atoms with E-state index in [-0.39, 0.29) is 25.1 Å². The van der Waals surface area contributed by atoms with Gasteiger partial charge >= 0.3 is 0 Å². The number of methoxy groups -OCH3 is 1. The lowest BCUT2D eigenvalue weighted by atomic mass is 10.1. The highest BCUT2D eigenvalue weighted by molar-refractivity contribution is 7.22. The SMILES string of the molecule is COc1ccc2nc(N(CCCN3CCOCC3)C(=O)c3ccc4c(c3)OCO4)sc2c1.Cl. The highest BCUT2D eigenvalue weighted by atomic mass is 35.5. The smallest absolute Gasteiger partial charge is 0.260 e. The quantitative estimate of drug-likeness (QED) is 0.497. The lowest BCUT2D eigenvalue weighted by Crippen LogP contribution is -2.39. The van der Waals surface area contributed by atoms with E-state index < -0.39 is 0 Å². The van der Waals surface area contributed by atoms with E-state index in [0.717, 1.165) is 55.2 Å². The van der Waals surface area contributed by atoms with Crippen molar-refractivity contribution in [1.82, 2.24) is 9.88 Å². The fourth-order valence-electron chi connectivity index (χ4n) is 3.88. The molecule has 0 atom stereocenters. The molecule has 3 heterocycles. The number of rotatable bonds is 7. The number of nitrogens with zero attached hydrogens (tertiary/aromatic N) is 3. The van der Waals surface area contributed by atoms with Crippen molar-refractivity contribution in [3.63, 3.8) is 0 Å². The Morgan fingerprint density at radius 3 is 2.79 bits per heavy atom. The molecule has 0 radical (unpaired) electrons. The molecule has 1 amide bonds. The summed E-state index contributed by atoms with van der Waals surface area (Å²) in [5.41, 5.74) is 1.40. The van der Waals surface area contributed by atoms with Crippen LogP contribution in [0.4, 0.5) is 5.13 Å². The van der Waals surface area contributed by atoms with Gasteiger partial charge in [0.05, 0.1) is 30.5 Å². The molecule has 0 unspecified atom stereocenters. The molecule has 0 aliphatic carbocycles. The number of carbonyl (C=O) groups excluding carboxylic acids is 1. The van der Waals surface area contributed by atoms with Crippen LogP contribution in [-0.4, -0.2) is 69.1 Å². The van der Waals surface area contributed by atoms with Crippen LogP contribution in [0.15, 0.2) is 36.4 Å². The first kappa shape index (κ1) is 23.6. The number of amides is 1. The molecule has 0 bridgehead atoms. The molecule has 1 fully saturated rings. The highest BCUT2D eigenvalue weighted by Gasteiger charge is 2.24. The summed E-state index contributed by atoms with van der Waals surface area (Å²) in [5, 5.41) is 0.679. The van der Waals surface area contributed by atoms with Crippen molar-refractivity contribution in [2.45, 2.75) is 6.42 Å². The maximum atomic E-state index is 13.6. The number of ether oxygens (including phenoxy) is 4. The van der Waals surface area contributed by atoms with Crippen molar-refractivity contribution in [1.29, 1.82) is 0 Å². The summed E-state index contributed by atoms with van der Waals surface area (Å²) in [6.45, 7) is 5.04. The normalized spacial score (nSPS) is 15.3. The van der Waals surface area contributed by atoms with E-state index in [1.807, 2.05) is 18.2 Å². The second-order valence-electron chi connectivity index (χ2n) is 7.66. The fourth-order valence-corrected chi connectivity index (χ4v) is 4.90. The molecule has 1 saturated heterocycles. The lowest BCUT2D eigenvalue weighted by Gasteiger charge is -2.27. The molecule has 33 heavy (non-hydrogen) atoms. The Morgan fingerprint density at radius 1 is 1.15 bits per heavy atom. The predicted octanol–water partition coefficient (Wildman–Crippen LogP) is 3.82. The summed E-state index contributed by atoms with van der Waals surface area (Å²) in [5.74, 6) is 1.93. The third kappa shape index (κ3) is 5.16. The minimum atomic E-state index is -0.101. The van der Waals surface area contributed by atoms with Gasteiger partial charge in [0, 0.05) is 31.7 Å². The predicted molar refractivity (Wildman–Crippen MR) is 130 cm³/mol. The zero-order valence-electron chi connectivity index (χ0n) is 18.3. The van der Waals surface area contributed by atoms with Gasteiger partial charge in [-0.25, -0.2) is 4.98 Å². The number of fused-ring (bicyclic) bond motifs is 2. The molecule has 176 valence electrons. The molecule has 1 aromatic heterocycles. The lowest BCUT2D eigenvalue weighted by molar-refractivity contribution is 0.0376. The molecule has 2 aliphatic rings. The van der Waals surface area contributed by atoms with Gasteiger partial charge in [-0.2, -0.15) is 0 Å². The molecule has 0 saturated carbocycles. The van der Waals surface area contributed by atoms with Gasteiger partial charge in [0.15, 0.2) is 16.6 Å². The van der Waals surface area contributed by atoms with Gasteiger partial charge in [-0.05, 0) is 42.8 Å². The van der Waals surface area contributed by atoms with E-state index in [4.69, 9.17) is 23.9 Å². The number of morpholine rings is 1. The molecule has 2 aliphatic heterocycles. The number of thiazole rings is 1.